The molecule has 588 valence electrons. The maximum atomic E-state index is 13.1. The third-order valence-electron chi connectivity index (χ3n) is 19.4. The zero-order chi connectivity index (χ0) is 72.8. The summed E-state index contributed by atoms with van der Waals surface area (Å²) in [6.07, 6.45) is 61.3. The summed E-state index contributed by atoms with van der Waals surface area (Å²) in [5.41, 5.74) is 0. The molecule has 0 aromatic heterocycles. The summed E-state index contributed by atoms with van der Waals surface area (Å²) in [7, 11) is -9.91. The van der Waals surface area contributed by atoms with Crippen LogP contribution in [-0.4, -0.2) is 96.7 Å². The summed E-state index contributed by atoms with van der Waals surface area (Å²) >= 11 is 0. The van der Waals surface area contributed by atoms with E-state index in [1.165, 1.54) is 238 Å². The maximum absolute atomic E-state index is 13.1. The van der Waals surface area contributed by atoms with E-state index in [1.54, 1.807) is 0 Å². The predicted molar refractivity (Wildman–Crippen MR) is 405 cm³/mol. The summed E-state index contributed by atoms with van der Waals surface area (Å²) in [4.78, 5) is 72.8. The van der Waals surface area contributed by atoms with E-state index in [1.807, 2.05) is 0 Å². The number of phosphoric acid groups is 2. The highest BCUT2D eigenvalue weighted by Crippen LogP contribution is 2.45. The Kier molecular flexibility index (Phi) is 70.3. The summed E-state index contributed by atoms with van der Waals surface area (Å²) in [6, 6.07) is 0. The van der Waals surface area contributed by atoms with Crippen molar-refractivity contribution in [3.05, 3.63) is 0 Å². The first-order valence-electron chi connectivity index (χ1n) is 41.6. The molecule has 0 saturated heterocycles. The van der Waals surface area contributed by atoms with Crippen LogP contribution < -0.4 is 0 Å². The number of rotatable bonds is 79. The monoisotopic (exact) mass is 1450 g/mol. The number of carbonyl (C=O) groups is 4. The molecular formula is C80H156O17P2. The molecule has 0 spiro atoms. The number of hydrogen-bond donors (Lipinski definition) is 3. The number of hydrogen-bond acceptors (Lipinski definition) is 15. The van der Waals surface area contributed by atoms with E-state index in [0.717, 1.165) is 102 Å². The molecule has 0 radical (unpaired) electrons. The van der Waals surface area contributed by atoms with Gasteiger partial charge in [-0.1, -0.05) is 369 Å². The van der Waals surface area contributed by atoms with Crippen LogP contribution >= 0.6 is 15.6 Å². The SMILES string of the molecule is CCCCCCCCCCCCCCCCCCCCCCCCC(=O)O[C@H](COC(=O)CCCCCCCCCCCCCCCCC(C)CC)COP(=O)(O)OC[C@@H](O)COP(=O)(O)OC[C@@H](COC(=O)CCCCCCCCCCC)OC(=O)CCCCCCCCC(C)CC. The number of unbranched alkanes of at least 4 members (excludes halogenated alkanes) is 47. The molecule has 0 saturated carbocycles. The minimum atomic E-state index is -4.96. The molecule has 7 atom stereocenters. The zero-order valence-corrected chi connectivity index (χ0v) is 66.6. The molecule has 0 bridgehead atoms. The molecule has 0 aliphatic rings. The van der Waals surface area contributed by atoms with Crippen LogP contribution in [0.3, 0.4) is 0 Å². The fourth-order valence-corrected chi connectivity index (χ4v) is 13.9. The van der Waals surface area contributed by atoms with Crippen molar-refractivity contribution in [2.45, 2.75) is 439 Å². The smallest absolute Gasteiger partial charge is 0.462 e. The minimum absolute atomic E-state index is 0.103. The lowest BCUT2D eigenvalue weighted by molar-refractivity contribution is -0.161. The van der Waals surface area contributed by atoms with Gasteiger partial charge in [0.2, 0.25) is 0 Å². The molecule has 0 aliphatic heterocycles. The molecule has 99 heavy (non-hydrogen) atoms. The van der Waals surface area contributed by atoms with Gasteiger partial charge in [0.1, 0.15) is 19.3 Å². The Morgan fingerprint density at radius 3 is 0.717 bits per heavy atom. The molecule has 0 heterocycles. The molecule has 0 aliphatic carbocycles. The number of ether oxygens (including phenoxy) is 4. The fraction of sp³-hybridized carbons (Fsp3) is 0.950. The van der Waals surface area contributed by atoms with Gasteiger partial charge in [-0.05, 0) is 37.5 Å². The second-order valence-electron chi connectivity index (χ2n) is 29.3. The summed E-state index contributed by atoms with van der Waals surface area (Å²) in [6.45, 7) is 9.60. The normalized spacial score (nSPS) is 14.5. The first-order chi connectivity index (χ1) is 47.9. The average molecular weight is 1450 g/mol. The lowest BCUT2D eigenvalue weighted by Crippen LogP contribution is -2.30. The van der Waals surface area contributed by atoms with Crippen molar-refractivity contribution >= 4 is 39.5 Å². The van der Waals surface area contributed by atoms with Gasteiger partial charge in [-0.3, -0.25) is 37.3 Å². The number of carbonyl (C=O) groups excluding carboxylic acids is 4. The van der Waals surface area contributed by atoms with Crippen molar-refractivity contribution in [3.8, 4) is 0 Å². The van der Waals surface area contributed by atoms with Crippen LogP contribution in [0.4, 0.5) is 0 Å². The third-order valence-corrected chi connectivity index (χ3v) is 21.3. The van der Waals surface area contributed by atoms with Gasteiger partial charge in [0.25, 0.3) is 0 Å². The second kappa shape index (κ2) is 71.7. The van der Waals surface area contributed by atoms with E-state index < -0.39 is 97.5 Å². The number of aliphatic hydroxyl groups excluding tert-OH is 1. The molecule has 0 rings (SSSR count). The topological polar surface area (TPSA) is 237 Å². The second-order valence-corrected chi connectivity index (χ2v) is 32.2. The average Bonchev–Trinajstić information content (AvgIpc) is 0.982. The molecule has 0 fully saturated rings. The van der Waals surface area contributed by atoms with Gasteiger partial charge < -0.3 is 33.8 Å². The molecule has 0 aromatic rings. The van der Waals surface area contributed by atoms with Gasteiger partial charge in [-0.2, -0.15) is 0 Å². The maximum Gasteiger partial charge on any atom is 0.472 e. The number of phosphoric ester groups is 2. The Labute approximate surface area is 607 Å². The van der Waals surface area contributed by atoms with Gasteiger partial charge in [0.05, 0.1) is 26.4 Å². The zero-order valence-electron chi connectivity index (χ0n) is 64.8. The Hall–Kier alpha value is -1.94. The molecule has 19 heteroatoms. The van der Waals surface area contributed by atoms with Crippen LogP contribution in [0.15, 0.2) is 0 Å². The van der Waals surface area contributed by atoms with E-state index in [4.69, 9.17) is 37.0 Å². The fourth-order valence-electron chi connectivity index (χ4n) is 12.3. The van der Waals surface area contributed by atoms with Gasteiger partial charge >= 0.3 is 39.5 Å². The number of aliphatic hydroxyl groups is 1. The van der Waals surface area contributed by atoms with E-state index >= 15 is 0 Å². The Bertz CT molecular complexity index is 1910. The lowest BCUT2D eigenvalue weighted by atomic mass is 9.99. The lowest BCUT2D eigenvalue weighted by Gasteiger charge is -2.21. The van der Waals surface area contributed by atoms with Crippen molar-refractivity contribution in [2.75, 3.05) is 39.6 Å². The summed E-state index contributed by atoms with van der Waals surface area (Å²) < 4.78 is 68.6. The highest BCUT2D eigenvalue weighted by molar-refractivity contribution is 7.47. The Morgan fingerprint density at radius 2 is 0.485 bits per heavy atom. The van der Waals surface area contributed by atoms with E-state index in [-0.39, 0.29) is 25.7 Å². The van der Waals surface area contributed by atoms with Crippen LogP contribution in [0.2, 0.25) is 0 Å². The minimum Gasteiger partial charge on any atom is -0.462 e. The van der Waals surface area contributed by atoms with Gasteiger partial charge in [0, 0.05) is 25.7 Å². The molecule has 4 unspecified atom stereocenters. The quantitative estimate of drug-likeness (QED) is 0.0222. The first kappa shape index (κ1) is 97.1. The highest BCUT2D eigenvalue weighted by atomic mass is 31.2. The van der Waals surface area contributed by atoms with E-state index in [0.29, 0.717) is 25.7 Å². The Morgan fingerprint density at radius 1 is 0.283 bits per heavy atom. The van der Waals surface area contributed by atoms with Crippen molar-refractivity contribution in [2.24, 2.45) is 11.8 Å². The Balaban J connectivity index is 5.18. The van der Waals surface area contributed by atoms with Gasteiger partial charge in [-0.15, -0.1) is 0 Å². The molecular weight excluding hydrogens is 1290 g/mol. The molecule has 17 nitrogen and oxygen atoms in total. The van der Waals surface area contributed by atoms with E-state index in [9.17, 15) is 43.2 Å². The molecule has 0 amide bonds. The summed E-state index contributed by atoms with van der Waals surface area (Å²) in [5, 5.41) is 10.6. The molecule has 3 N–H and O–H groups in total. The van der Waals surface area contributed by atoms with Crippen molar-refractivity contribution in [1.29, 1.82) is 0 Å². The van der Waals surface area contributed by atoms with Gasteiger partial charge in [0.15, 0.2) is 12.2 Å². The van der Waals surface area contributed by atoms with Crippen LogP contribution in [0.1, 0.15) is 420 Å². The largest absolute Gasteiger partial charge is 0.472 e. The van der Waals surface area contributed by atoms with Crippen molar-refractivity contribution in [3.63, 3.8) is 0 Å². The predicted octanol–water partition coefficient (Wildman–Crippen LogP) is 23.9. The van der Waals surface area contributed by atoms with Crippen LogP contribution in [0, 0.1) is 11.8 Å². The standard InChI is InChI=1S/C80H156O17P2/c1-7-11-13-15-17-19-20-21-22-23-24-25-26-27-28-29-34-37-41-45-52-58-64-79(84)96-75(68-91-78(83)63-57-51-44-40-36-33-31-30-32-35-39-42-48-54-60-72(5)9-3)70-94-98(86,87)92-66-74(81)67-93-99(88,89)95-71-76(69-90-77(82)62-56-50-43-38-18-16-14-12-8-2)97-80(85)65-59-53-47-46-49-55-61-73(6)10-4/h72-76,81H,7-71H2,1-6H3,(H,86,87)(H,88,89)/t72?,73?,74-,75-,76-/m1/s1. The van der Waals surface area contributed by atoms with Crippen molar-refractivity contribution < 1.29 is 80.2 Å². The van der Waals surface area contributed by atoms with Crippen LogP contribution in [-0.2, 0) is 65.4 Å². The highest BCUT2D eigenvalue weighted by Gasteiger charge is 2.30. The van der Waals surface area contributed by atoms with Gasteiger partial charge in [-0.25, -0.2) is 9.13 Å². The number of esters is 4. The van der Waals surface area contributed by atoms with E-state index in [2.05, 4.69) is 41.5 Å². The van der Waals surface area contributed by atoms with Crippen LogP contribution in [0.5, 0.6) is 0 Å². The van der Waals surface area contributed by atoms with Crippen molar-refractivity contribution in [1.82, 2.24) is 0 Å². The summed E-state index contributed by atoms with van der Waals surface area (Å²) in [5.74, 6) is -0.546. The van der Waals surface area contributed by atoms with Crippen LogP contribution in [0.25, 0.3) is 0 Å². The first-order valence-corrected chi connectivity index (χ1v) is 44.6. The third kappa shape index (κ3) is 71.5. The molecule has 0 aromatic carbocycles.